The fourth-order valence-corrected chi connectivity index (χ4v) is 4.36. The number of hydrogen-bond acceptors (Lipinski definition) is 4. The van der Waals surface area contributed by atoms with Gasteiger partial charge in [0, 0.05) is 23.9 Å². The summed E-state index contributed by atoms with van der Waals surface area (Å²) in [6, 6.07) is 13.5. The molecule has 5 rings (SSSR count). The van der Waals surface area contributed by atoms with Crippen molar-refractivity contribution in [2.45, 2.75) is 25.0 Å². The van der Waals surface area contributed by atoms with Gasteiger partial charge >= 0.3 is 5.97 Å². The van der Waals surface area contributed by atoms with E-state index in [0.717, 1.165) is 23.1 Å². The number of fused-ring (bicyclic) bond motifs is 2. The van der Waals surface area contributed by atoms with E-state index in [1.165, 1.54) is 12.1 Å². The van der Waals surface area contributed by atoms with Gasteiger partial charge in [-0.2, -0.15) is 5.10 Å². The van der Waals surface area contributed by atoms with Crippen LogP contribution >= 0.6 is 0 Å². The first-order valence-electron chi connectivity index (χ1n) is 9.93. The van der Waals surface area contributed by atoms with E-state index in [-0.39, 0.29) is 24.2 Å². The van der Waals surface area contributed by atoms with Crippen LogP contribution in [0.5, 0.6) is 0 Å². The lowest BCUT2D eigenvalue weighted by molar-refractivity contribution is -0.139. The molecule has 2 aromatic carbocycles. The van der Waals surface area contributed by atoms with Crippen LogP contribution in [0.1, 0.15) is 28.8 Å². The SMILES string of the molecule is O=C1OC2(CCCN(C(=O)Cn3cc(-c4ccc(F)cc4)cn3)C2)c2ccccc21. The van der Waals surface area contributed by atoms with Gasteiger partial charge in [-0.05, 0) is 36.6 Å². The van der Waals surface area contributed by atoms with E-state index in [2.05, 4.69) is 5.10 Å². The summed E-state index contributed by atoms with van der Waals surface area (Å²) < 4.78 is 20.5. The van der Waals surface area contributed by atoms with Gasteiger partial charge in [0.25, 0.3) is 0 Å². The first-order valence-corrected chi connectivity index (χ1v) is 9.93. The van der Waals surface area contributed by atoms with Gasteiger partial charge < -0.3 is 9.64 Å². The molecule has 3 heterocycles. The molecule has 1 aromatic heterocycles. The quantitative estimate of drug-likeness (QED) is 0.627. The summed E-state index contributed by atoms with van der Waals surface area (Å²) >= 11 is 0. The Balaban J connectivity index is 1.32. The molecule has 2 aliphatic rings. The van der Waals surface area contributed by atoms with E-state index >= 15 is 0 Å². The molecule has 1 atom stereocenters. The molecule has 3 aromatic rings. The summed E-state index contributed by atoms with van der Waals surface area (Å²) in [5.74, 6) is -0.700. The Bertz CT molecular complexity index is 1120. The highest BCUT2D eigenvalue weighted by atomic mass is 19.1. The van der Waals surface area contributed by atoms with E-state index in [9.17, 15) is 14.0 Å². The van der Waals surface area contributed by atoms with E-state index < -0.39 is 5.60 Å². The summed E-state index contributed by atoms with van der Waals surface area (Å²) in [5.41, 5.74) is 2.34. The largest absolute Gasteiger partial charge is 0.449 e. The number of piperidine rings is 1. The molecule has 2 aliphatic heterocycles. The third kappa shape index (κ3) is 3.16. The maximum Gasteiger partial charge on any atom is 0.339 e. The smallest absolute Gasteiger partial charge is 0.339 e. The molecule has 1 unspecified atom stereocenters. The lowest BCUT2D eigenvalue weighted by Crippen LogP contribution is -2.49. The highest BCUT2D eigenvalue weighted by Crippen LogP contribution is 2.42. The van der Waals surface area contributed by atoms with Crippen molar-refractivity contribution in [2.24, 2.45) is 0 Å². The van der Waals surface area contributed by atoms with Crippen LogP contribution < -0.4 is 0 Å². The number of carbonyl (C=O) groups is 2. The standard InChI is InChI=1S/C23H20FN3O3/c24-18-8-6-16(7-9-18)17-12-25-27(13-17)14-21(28)26-11-3-10-23(15-26)20-5-2-1-4-19(20)22(29)30-23/h1-2,4-9,12-13H,3,10-11,14-15H2. The molecule has 6 nitrogen and oxygen atoms in total. The van der Waals surface area contributed by atoms with Crippen molar-refractivity contribution >= 4 is 11.9 Å². The molecule has 0 bridgehead atoms. The fraction of sp³-hybridized carbons (Fsp3) is 0.261. The number of halogens is 1. The third-order valence-electron chi connectivity index (χ3n) is 5.84. The van der Waals surface area contributed by atoms with Crippen molar-refractivity contribution in [3.05, 3.63) is 77.9 Å². The number of ether oxygens (including phenoxy) is 1. The zero-order valence-electron chi connectivity index (χ0n) is 16.3. The monoisotopic (exact) mass is 405 g/mol. The van der Waals surface area contributed by atoms with Crippen LogP contribution in [0, 0.1) is 5.82 Å². The van der Waals surface area contributed by atoms with Crippen molar-refractivity contribution in [3.8, 4) is 11.1 Å². The average molecular weight is 405 g/mol. The lowest BCUT2D eigenvalue weighted by atomic mass is 9.85. The summed E-state index contributed by atoms with van der Waals surface area (Å²) in [7, 11) is 0. The van der Waals surface area contributed by atoms with Crippen LogP contribution in [0.15, 0.2) is 60.9 Å². The highest BCUT2D eigenvalue weighted by Gasteiger charge is 2.48. The number of hydrogen-bond donors (Lipinski definition) is 0. The molecule has 1 amide bonds. The summed E-state index contributed by atoms with van der Waals surface area (Å²) in [6.45, 7) is 1.06. The molecular formula is C23H20FN3O3. The van der Waals surface area contributed by atoms with Gasteiger partial charge in [-0.25, -0.2) is 9.18 Å². The minimum atomic E-state index is -0.759. The molecule has 0 aliphatic carbocycles. The minimum Gasteiger partial charge on any atom is -0.449 e. The topological polar surface area (TPSA) is 64.4 Å². The van der Waals surface area contributed by atoms with Crippen LogP contribution in [0.25, 0.3) is 11.1 Å². The number of amides is 1. The number of nitrogens with zero attached hydrogens (tertiary/aromatic N) is 3. The van der Waals surface area contributed by atoms with Crippen molar-refractivity contribution in [2.75, 3.05) is 13.1 Å². The Morgan fingerprint density at radius 2 is 1.93 bits per heavy atom. The Kier molecular flexibility index (Phi) is 4.38. The second kappa shape index (κ2) is 7.09. The molecule has 152 valence electrons. The molecular weight excluding hydrogens is 385 g/mol. The molecule has 30 heavy (non-hydrogen) atoms. The van der Waals surface area contributed by atoms with E-state index in [1.807, 2.05) is 18.2 Å². The molecule has 1 spiro atoms. The summed E-state index contributed by atoms with van der Waals surface area (Å²) in [6.07, 6.45) is 4.90. The minimum absolute atomic E-state index is 0.0803. The van der Waals surface area contributed by atoms with Crippen molar-refractivity contribution < 1.29 is 18.7 Å². The number of rotatable bonds is 3. The molecule has 7 heteroatoms. The number of benzene rings is 2. The van der Waals surface area contributed by atoms with Crippen LogP contribution in [0.2, 0.25) is 0 Å². The van der Waals surface area contributed by atoms with Gasteiger partial charge in [0.05, 0.1) is 18.3 Å². The Morgan fingerprint density at radius 1 is 1.13 bits per heavy atom. The number of esters is 1. The van der Waals surface area contributed by atoms with Crippen molar-refractivity contribution in [1.82, 2.24) is 14.7 Å². The summed E-state index contributed by atoms with van der Waals surface area (Å²) in [4.78, 5) is 27.0. The van der Waals surface area contributed by atoms with E-state index in [0.29, 0.717) is 25.1 Å². The first kappa shape index (κ1) is 18.5. The van der Waals surface area contributed by atoms with Gasteiger partial charge in [0.2, 0.25) is 5.91 Å². The van der Waals surface area contributed by atoms with Gasteiger partial charge in [-0.3, -0.25) is 9.48 Å². The zero-order chi connectivity index (χ0) is 20.7. The van der Waals surface area contributed by atoms with Crippen molar-refractivity contribution in [3.63, 3.8) is 0 Å². The van der Waals surface area contributed by atoms with Gasteiger partial charge in [0.15, 0.2) is 5.60 Å². The first-order chi connectivity index (χ1) is 14.5. The predicted molar refractivity (Wildman–Crippen MR) is 107 cm³/mol. The maximum absolute atomic E-state index is 13.1. The predicted octanol–water partition coefficient (Wildman–Crippen LogP) is 3.38. The van der Waals surface area contributed by atoms with Gasteiger partial charge in [-0.15, -0.1) is 0 Å². The summed E-state index contributed by atoms with van der Waals surface area (Å²) in [5, 5.41) is 4.28. The van der Waals surface area contributed by atoms with Crippen LogP contribution in [-0.2, 0) is 21.7 Å². The Morgan fingerprint density at radius 3 is 2.77 bits per heavy atom. The maximum atomic E-state index is 13.1. The van der Waals surface area contributed by atoms with Crippen LogP contribution in [-0.4, -0.2) is 39.6 Å². The number of carbonyl (C=O) groups excluding carboxylic acids is 2. The van der Waals surface area contributed by atoms with Crippen molar-refractivity contribution in [1.29, 1.82) is 0 Å². The second-order valence-electron chi connectivity index (χ2n) is 7.78. The molecule has 0 saturated carbocycles. The fourth-order valence-electron chi connectivity index (χ4n) is 4.36. The molecule has 1 saturated heterocycles. The van der Waals surface area contributed by atoms with E-state index in [4.69, 9.17) is 4.74 Å². The van der Waals surface area contributed by atoms with Gasteiger partial charge in [-0.1, -0.05) is 30.3 Å². The van der Waals surface area contributed by atoms with E-state index in [1.54, 1.807) is 40.2 Å². The highest BCUT2D eigenvalue weighted by molar-refractivity contribution is 5.95. The number of aromatic nitrogens is 2. The third-order valence-corrected chi connectivity index (χ3v) is 5.84. The normalized spacial score (nSPS) is 20.3. The number of likely N-dealkylation sites (tertiary alicyclic amines) is 1. The Hall–Kier alpha value is -3.48. The molecule has 0 N–H and O–H groups in total. The Labute approximate surface area is 172 Å². The second-order valence-corrected chi connectivity index (χ2v) is 7.78. The zero-order valence-corrected chi connectivity index (χ0v) is 16.3. The average Bonchev–Trinajstić information content (AvgIpc) is 3.32. The molecule has 0 radical (unpaired) electrons. The lowest BCUT2D eigenvalue weighted by Gasteiger charge is -2.39. The van der Waals surface area contributed by atoms with Gasteiger partial charge in [0.1, 0.15) is 12.4 Å². The molecule has 1 fully saturated rings. The van der Waals surface area contributed by atoms with Crippen LogP contribution in [0.4, 0.5) is 4.39 Å². The van der Waals surface area contributed by atoms with Crippen LogP contribution in [0.3, 0.4) is 0 Å².